The monoisotopic (exact) mass is 266 g/mol. The van der Waals surface area contributed by atoms with Gasteiger partial charge in [0, 0.05) is 7.05 Å². The smallest absolute Gasteiger partial charge is 0.324 e. The number of hydrogen-bond donors (Lipinski definition) is 1. The van der Waals surface area contributed by atoms with Gasteiger partial charge in [0.15, 0.2) is 0 Å². The molecule has 0 spiro atoms. The molecule has 0 saturated heterocycles. The third kappa shape index (κ3) is 4.22. The van der Waals surface area contributed by atoms with Crippen molar-refractivity contribution in [1.82, 2.24) is 15.0 Å². The molecule has 1 fully saturated rings. The van der Waals surface area contributed by atoms with Crippen molar-refractivity contribution < 1.29 is 9.47 Å². The maximum atomic E-state index is 5.67. The van der Waals surface area contributed by atoms with Crippen LogP contribution in [0.1, 0.15) is 39.0 Å². The van der Waals surface area contributed by atoms with Gasteiger partial charge in [-0.25, -0.2) is 0 Å². The first-order valence-electron chi connectivity index (χ1n) is 7.01. The van der Waals surface area contributed by atoms with E-state index in [1.165, 1.54) is 25.7 Å². The number of nitrogens with zero attached hydrogens (tertiary/aromatic N) is 3. The van der Waals surface area contributed by atoms with E-state index in [0.717, 1.165) is 6.42 Å². The molecule has 2 rings (SSSR count). The van der Waals surface area contributed by atoms with Crippen LogP contribution >= 0.6 is 0 Å². The summed E-state index contributed by atoms with van der Waals surface area (Å²) in [5, 5.41) is 2.89. The molecule has 0 unspecified atom stereocenters. The molecule has 1 aromatic rings. The fourth-order valence-electron chi connectivity index (χ4n) is 2.14. The largest absolute Gasteiger partial charge is 0.463 e. The number of aromatic nitrogens is 3. The Hall–Kier alpha value is -1.59. The Kier molecular flexibility index (Phi) is 5.18. The number of rotatable bonds is 7. The zero-order valence-corrected chi connectivity index (χ0v) is 11.7. The Balaban J connectivity index is 1.96. The van der Waals surface area contributed by atoms with Crippen molar-refractivity contribution in [3.63, 3.8) is 0 Å². The van der Waals surface area contributed by atoms with E-state index in [1.54, 1.807) is 7.05 Å². The zero-order valence-electron chi connectivity index (χ0n) is 11.7. The van der Waals surface area contributed by atoms with Gasteiger partial charge in [0.05, 0.1) is 13.2 Å². The molecule has 6 heteroatoms. The molecule has 19 heavy (non-hydrogen) atoms. The van der Waals surface area contributed by atoms with Crippen molar-refractivity contribution in [2.75, 3.05) is 25.6 Å². The molecule has 0 radical (unpaired) electrons. The van der Waals surface area contributed by atoms with E-state index in [1.807, 2.05) is 6.92 Å². The predicted molar refractivity (Wildman–Crippen MR) is 72.6 cm³/mol. The van der Waals surface area contributed by atoms with Gasteiger partial charge >= 0.3 is 12.0 Å². The van der Waals surface area contributed by atoms with E-state index >= 15 is 0 Å². The average Bonchev–Trinajstić information content (AvgIpc) is 2.96. The summed E-state index contributed by atoms with van der Waals surface area (Å²) < 4.78 is 11.1. The molecule has 1 aliphatic rings. The van der Waals surface area contributed by atoms with Crippen LogP contribution in [-0.2, 0) is 0 Å². The number of anilines is 1. The molecule has 1 heterocycles. The molecule has 1 saturated carbocycles. The first kappa shape index (κ1) is 13.8. The highest BCUT2D eigenvalue weighted by Gasteiger charge is 2.17. The molecular formula is C13H22N4O2. The van der Waals surface area contributed by atoms with Gasteiger partial charge in [0.1, 0.15) is 0 Å². The standard InChI is InChI=1S/C13H22N4O2/c1-3-8-18-12-15-11(14-2)16-13(17-12)19-9-10-6-4-5-7-10/h10H,3-9H2,1-2H3,(H,14,15,16,17). The lowest BCUT2D eigenvalue weighted by Crippen LogP contribution is -2.12. The minimum absolute atomic E-state index is 0.322. The molecule has 0 amide bonds. The summed E-state index contributed by atoms with van der Waals surface area (Å²) in [7, 11) is 1.76. The van der Waals surface area contributed by atoms with Crippen molar-refractivity contribution >= 4 is 5.95 Å². The van der Waals surface area contributed by atoms with E-state index in [4.69, 9.17) is 9.47 Å². The Morgan fingerprint density at radius 1 is 1.11 bits per heavy atom. The fraction of sp³-hybridized carbons (Fsp3) is 0.769. The van der Waals surface area contributed by atoms with E-state index in [9.17, 15) is 0 Å². The van der Waals surface area contributed by atoms with Crippen LogP contribution in [0.2, 0.25) is 0 Å². The highest BCUT2D eigenvalue weighted by molar-refractivity contribution is 5.26. The van der Waals surface area contributed by atoms with Gasteiger partial charge in [0.2, 0.25) is 5.95 Å². The lowest BCUT2D eigenvalue weighted by molar-refractivity contribution is 0.224. The third-order valence-corrected chi connectivity index (χ3v) is 3.18. The van der Waals surface area contributed by atoms with Gasteiger partial charge in [-0.1, -0.05) is 19.8 Å². The molecule has 1 N–H and O–H groups in total. The second-order valence-electron chi connectivity index (χ2n) is 4.78. The number of ether oxygens (including phenoxy) is 2. The lowest BCUT2D eigenvalue weighted by atomic mass is 10.1. The van der Waals surface area contributed by atoms with Crippen LogP contribution < -0.4 is 14.8 Å². The fourth-order valence-corrected chi connectivity index (χ4v) is 2.14. The van der Waals surface area contributed by atoms with Gasteiger partial charge in [-0.05, 0) is 25.2 Å². The highest BCUT2D eigenvalue weighted by atomic mass is 16.5. The predicted octanol–water partition coefficient (Wildman–Crippen LogP) is 2.27. The van der Waals surface area contributed by atoms with Gasteiger partial charge in [0.25, 0.3) is 0 Å². The van der Waals surface area contributed by atoms with Gasteiger partial charge < -0.3 is 14.8 Å². The average molecular weight is 266 g/mol. The second kappa shape index (κ2) is 7.11. The summed E-state index contributed by atoms with van der Waals surface area (Å²) in [6.07, 6.45) is 6.00. The summed E-state index contributed by atoms with van der Waals surface area (Å²) in [6.45, 7) is 3.31. The van der Waals surface area contributed by atoms with E-state index < -0.39 is 0 Å². The molecule has 0 aromatic carbocycles. The second-order valence-corrected chi connectivity index (χ2v) is 4.78. The maximum absolute atomic E-state index is 5.67. The van der Waals surface area contributed by atoms with E-state index in [-0.39, 0.29) is 0 Å². The Morgan fingerprint density at radius 2 is 1.79 bits per heavy atom. The van der Waals surface area contributed by atoms with Crippen molar-refractivity contribution in [2.45, 2.75) is 39.0 Å². The molecule has 6 nitrogen and oxygen atoms in total. The lowest BCUT2D eigenvalue weighted by Gasteiger charge is -2.11. The first-order chi connectivity index (χ1) is 9.31. The van der Waals surface area contributed by atoms with Crippen molar-refractivity contribution in [2.24, 2.45) is 5.92 Å². The first-order valence-corrected chi connectivity index (χ1v) is 7.01. The third-order valence-electron chi connectivity index (χ3n) is 3.18. The van der Waals surface area contributed by atoms with Crippen LogP contribution in [0.15, 0.2) is 0 Å². The van der Waals surface area contributed by atoms with Crippen LogP contribution in [0.25, 0.3) is 0 Å². The summed E-state index contributed by atoms with van der Waals surface area (Å²) >= 11 is 0. The number of nitrogens with one attached hydrogen (secondary N) is 1. The Labute approximate surface area is 114 Å². The maximum Gasteiger partial charge on any atom is 0.324 e. The quantitative estimate of drug-likeness (QED) is 0.816. The van der Waals surface area contributed by atoms with Gasteiger partial charge in [-0.3, -0.25) is 0 Å². The van der Waals surface area contributed by atoms with Crippen LogP contribution in [0.5, 0.6) is 12.0 Å². The van der Waals surface area contributed by atoms with Crippen LogP contribution in [0.4, 0.5) is 5.95 Å². The van der Waals surface area contributed by atoms with E-state index in [0.29, 0.717) is 37.1 Å². The summed E-state index contributed by atoms with van der Waals surface area (Å²) in [6, 6.07) is 0.667. The van der Waals surface area contributed by atoms with Crippen molar-refractivity contribution in [3.8, 4) is 12.0 Å². The van der Waals surface area contributed by atoms with Crippen molar-refractivity contribution in [1.29, 1.82) is 0 Å². The van der Waals surface area contributed by atoms with Crippen LogP contribution in [-0.4, -0.2) is 35.2 Å². The molecule has 0 atom stereocenters. The highest BCUT2D eigenvalue weighted by Crippen LogP contribution is 2.25. The molecular weight excluding hydrogens is 244 g/mol. The molecule has 0 bridgehead atoms. The Morgan fingerprint density at radius 3 is 2.42 bits per heavy atom. The van der Waals surface area contributed by atoms with Gasteiger partial charge in [-0.15, -0.1) is 4.98 Å². The summed E-state index contributed by atoms with van der Waals surface area (Å²) in [5.41, 5.74) is 0. The van der Waals surface area contributed by atoms with E-state index in [2.05, 4.69) is 20.3 Å². The van der Waals surface area contributed by atoms with Crippen molar-refractivity contribution in [3.05, 3.63) is 0 Å². The summed E-state index contributed by atoms with van der Waals surface area (Å²) in [4.78, 5) is 12.5. The SMILES string of the molecule is CCCOc1nc(NC)nc(OCC2CCCC2)n1. The molecule has 1 aromatic heterocycles. The summed E-state index contributed by atoms with van der Waals surface area (Å²) in [5.74, 6) is 1.11. The Bertz CT molecular complexity index is 394. The minimum Gasteiger partial charge on any atom is -0.463 e. The van der Waals surface area contributed by atoms with Gasteiger partial charge in [-0.2, -0.15) is 9.97 Å². The molecule has 1 aliphatic carbocycles. The van der Waals surface area contributed by atoms with Crippen LogP contribution in [0.3, 0.4) is 0 Å². The minimum atomic E-state index is 0.322. The number of hydrogen-bond acceptors (Lipinski definition) is 6. The topological polar surface area (TPSA) is 69.2 Å². The normalized spacial score (nSPS) is 15.5. The zero-order chi connectivity index (χ0) is 13.5. The van der Waals surface area contributed by atoms with Crippen LogP contribution in [0, 0.1) is 5.92 Å². The molecule has 106 valence electrons. The molecule has 0 aliphatic heterocycles.